The van der Waals surface area contributed by atoms with Gasteiger partial charge in [0.05, 0.1) is 12.2 Å². The molecule has 0 saturated carbocycles. The zero-order valence-corrected chi connectivity index (χ0v) is 11.3. The van der Waals surface area contributed by atoms with Gasteiger partial charge in [0.25, 0.3) is 0 Å². The molecule has 2 aliphatic rings. The summed E-state index contributed by atoms with van der Waals surface area (Å²) in [6.45, 7) is 8.52. The van der Waals surface area contributed by atoms with Crippen LogP contribution in [0, 0.1) is 18.3 Å². The van der Waals surface area contributed by atoms with E-state index in [1.807, 2.05) is 4.90 Å². The van der Waals surface area contributed by atoms with E-state index in [1.165, 1.54) is 0 Å². The summed E-state index contributed by atoms with van der Waals surface area (Å²) in [4.78, 5) is 16.0. The maximum absolute atomic E-state index is 11.7. The van der Waals surface area contributed by atoms with Gasteiger partial charge < -0.3 is 9.64 Å². The zero-order chi connectivity index (χ0) is 13.1. The van der Waals surface area contributed by atoms with E-state index in [2.05, 4.69) is 24.7 Å². The molecule has 2 aliphatic heterocycles. The molecule has 2 saturated heterocycles. The normalized spacial score (nSPS) is 33.7. The maximum atomic E-state index is 11.7. The Bertz CT molecular complexity index is 340. The number of ether oxygens (including phenoxy) is 1. The van der Waals surface area contributed by atoms with Gasteiger partial charge >= 0.3 is 0 Å². The molecule has 0 spiro atoms. The van der Waals surface area contributed by atoms with Crippen molar-refractivity contribution in [2.45, 2.75) is 32.5 Å². The van der Waals surface area contributed by atoms with E-state index in [-0.39, 0.29) is 24.0 Å². The van der Waals surface area contributed by atoms with Crippen LogP contribution in [0.3, 0.4) is 0 Å². The molecule has 0 aromatic carbocycles. The van der Waals surface area contributed by atoms with Crippen LogP contribution in [0.2, 0.25) is 0 Å². The Morgan fingerprint density at radius 2 is 1.94 bits per heavy atom. The molecule has 2 fully saturated rings. The van der Waals surface area contributed by atoms with Crippen molar-refractivity contribution in [3.05, 3.63) is 0 Å². The van der Waals surface area contributed by atoms with Crippen LogP contribution in [0.25, 0.3) is 0 Å². The summed E-state index contributed by atoms with van der Waals surface area (Å²) in [5, 5.41) is 0. The van der Waals surface area contributed by atoms with Crippen molar-refractivity contribution in [3.63, 3.8) is 0 Å². The lowest BCUT2D eigenvalue weighted by molar-refractivity contribution is -0.128. The van der Waals surface area contributed by atoms with E-state index in [0.29, 0.717) is 6.42 Å². The molecule has 4 nitrogen and oxygen atoms in total. The van der Waals surface area contributed by atoms with Crippen molar-refractivity contribution in [1.29, 1.82) is 0 Å². The van der Waals surface area contributed by atoms with E-state index in [0.717, 1.165) is 32.7 Å². The van der Waals surface area contributed by atoms with Crippen molar-refractivity contribution >= 4 is 5.91 Å². The van der Waals surface area contributed by atoms with Crippen LogP contribution in [0.15, 0.2) is 0 Å². The topological polar surface area (TPSA) is 32.8 Å². The van der Waals surface area contributed by atoms with Gasteiger partial charge in [0.1, 0.15) is 0 Å². The highest BCUT2D eigenvalue weighted by Crippen LogP contribution is 2.17. The molecule has 3 atom stereocenters. The first-order chi connectivity index (χ1) is 8.58. The van der Waals surface area contributed by atoms with Crippen molar-refractivity contribution in [3.8, 4) is 12.3 Å². The molecule has 1 amide bonds. The van der Waals surface area contributed by atoms with E-state index >= 15 is 0 Å². The van der Waals surface area contributed by atoms with Gasteiger partial charge in [0.15, 0.2) is 0 Å². The van der Waals surface area contributed by atoms with Gasteiger partial charge in [-0.25, -0.2) is 0 Å². The number of amides is 1. The lowest BCUT2D eigenvalue weighted by atomic mass is 10.1. The lowest BCUT2D eigenvalue weighted by Crippen LogP contribution is -2.48. The first-order valence-corrected chi connectivity index (χ1v) is 6.70. The average Bonchev–Trinajstić information content (AvgIpc) is 2.66. The summed E-state index contributed by atoms with van der Waals surface area (Å²) in [5.74, 6) is 2.99. The molecule has 0 aromatic rings. The molecule has 1 unspecified atom stereocenters. The van der Waals surface area contributed by atoms with E-state index in [1.54, 1.807) is 0 Å². The number of rotatable bonds is 3. The Hall–Kier alpha value is -1.05. The number of hydrogen-bond acceptors (Lipinski definition) is 3. The molecule has 0 N–H and O–H groups in total. The lowest BCUT2D eigenvalue weighted by Gasteiger charge is -2.36. The van der Waals surface area contributed by atoms with Crippen LogP contribution in [-0.4, -0.2) is 60.6 Å². The third-order valence-corrected chi connectivity index (χ3v) is 3.63. The second kappa shape index (κ2) is 5.73. The third kappa shape index (κ3) is 3.24. The Labute approximate surface area is 109 Å². The quantitative estimate of drug-likeness (QED) is 0.687. The molecule has 4 heteroatoms. The summed E-state index contributed by atoms with van der Waals surface area (Å²) in [5.41, 5.74) is 0. The molecule has 0 aromatic heterocycles. The highest BCUT2D eigenvalue weighted by Gasteiger charge is 2.29. The van der Waals surface area contributed by atoms with E-state index < -0.39 is 0 Å². The number of likely N-dealkylation sites (tertiary alicyclic amines) is 1. The Kier molecular flexibility index (Phi) is 4.26. The number of carbonyl (C=O) groups is 1. The average molecular weight is 250 g/mol. The standard InChI is InChI=1S/C14H22N2O2/c1-4-13-7-14(17)16(10-13)6-5-15-8-11(2)18-12(3)9-15/h1,11-13H,5-10H2,2-3H3/t11-,12+,13?. The number of terminal acetylenes is 1. The van der Waals surface area contributed by atoms with Crippen molar-refractivity contribution < 1.29 is 9.53 Å². The van der Waals surface area contributed by atoms with Gasteiger partial charge in [0.2, 0.25) is 5.91 Å². The third-order valence-electron chi connectivity index (χ3n) is 3.63. The monoisotopic (exact) mass is 250 g/mol. The first kappa shape index (κ1) is 13.4. The van der Waals surface area contributed by atoms with E-state index in [4.69, 9.17) is 11.2 Å². The highest BCUT2D eigenvalue weighted by molar-refractivity contribution is 5.79. The minimum absolute atomic E-state index is 0.111. The van der Waals surface area contributed by atoms with Crippen molar-refractivity contribution in [1.82, 2.24) is 9.80 Å². The molecular formula is C14H22N2O2. The van der Waals surface area contributed by atoms with Crippen LogP contribution in [-0.2, 0) is 9.53 Å². The smallest absolute Gasteiger partial charge is 0.223 e. The summed E-state index contributed by atoms with van der Waals surface area (Å²) in [6, 6.07) is 0. The molecule has 0 radical (unpaired) electrons. The zero-order valence-electron chi connectivity index (χ0n) is 11.3. The van der Waals surface area contributed by atoms with Crippen molar-refractivity contribution in [2.75, 3.05) is 32.7 Å². The number of carbonyl (C=O) groups excluding carboxylic acids is 1. The maximum Gasteiger partial charge on any atom is 0.223 e. The minimum Gasteiger partial charge on any atom is -0.373 e. The number of nitrogens with zero attached hydrogens (tertiary/aromatic N) is 2. The van der Waals surface area contributed by atoms with Crippen LogP contribution in [0.5, 0.6) is 0 Å². The molecule has 18 heavy (non-hydrogen) atoms. The summed E-state index contributed by atoms with van der Waals surface area (Å²) in [6.07, 6.45) is 6.46. The fourth-order valence-corrected chi connectivity index (χ4v) is 2.83. The minimum atomic E-state index is 0.111. The van der Waals surface area contributed by atoms with Gasteiger partial charge in [-0.05, 0) is 13.8 Å². The fourth-order valence-electron chi connectivity index (χ4n) is 2.83. The van der Waals surface area contributed by atoms with Gasteiger partial charge in [0, 0.05) is 45.1 Å². The van der Waals surface area contributed by atoms with Gasteiger partial charge in [-0.2, -0.15) is 0 Å². The highest BCUT2D eigenvalue weighted by atomic mass is 16.5. The predicted octanol–water partition coefficient (Wildman–Crippen LogP) is 0.577. The molecule has 2 heterocycles. The second-order valence-corrected chi connectivity index (χ2v) is 5.42. The largest absolute Gasteiger partial charge is 0.373 e. The Morgan fingerprint density at radius 1 is 1.28 bits per heavy atom. The first-order valence-electron chi connectivity index (χ1n) is 6.70. The van der Waals surface area contributed by atoms with Gasteiger partial charge in [-0.15, -0.1) is 12.3 Å². The van der Waals surface area contributed by atoms with Crippen molar-refractivity contribution in [2.24, 2.45) is 5.92 Å². The molecular weight excluding hydrogens is 228 g/mol. The fraction of sp³-hybridized carbons (Fsp3) is 0.786. The SMILES string of the molecule is C#CC1CC(=O)N(CCN2C[C@@H](C)O[C@@H](C)C2)C1. The Morgan fingerprint density at radius 3 is 2.50 bits per heavy atom. The predicted molar refractivity (Wildman–Crippen MR) is 70.0 cm³/mol. The summed E-state index contributed by atoms with van der Waals surface area (Å²) >= 11 is 0. The van der Waals surface area contributed by atoms with Gasteiger partial charge in [-0.1, -0.05) is 0 Å². The summed E-state index contributed by atoms with van der Waals surface area (Å²) in [7, 11) is 0. The van der Waals surface area contributed by atoms with E-state index in [9.17, 15) is 4.79 Å². The number of hydrogen-bond donors (Lipinski definition) is 0. The molecule has 100 valence electrons. The van der Waals surface area contributed by atoms with Crippen LogP contribution >= 0.6 is 0 Å². The van der Waals surface area contributed by atoms with Crippen LogP contribution < -0.4 is 0 Å². The molecule has 2 rings (SSSR count). The van der Waals surface area contributed by atoms with Crippen LogP contribution in [0.4, 0.5) is 0 Å². The van der Waals surface area contributed by atoms with Gasteiger partial charge in [-0.3, -0.25) is 9.69 Å². The second-order valence-electron chi connectivity index (χ2n) is 5.42. The molecule has 0 bridgehead atoms. The van der Waals surface area contributed by atoms with Crippen LogP contribution in [0.1, 0.15) is 20.3 Å². The molecule has 0 aliphatic carbocycles. The summed E-state index contributed by atoms with van der Waals surface area (Å²) < 4.78 is 5.70. The number of morpholine rings is 1. The Balaban J connectivity index is 1.78.